The fraction of sp³-hybridized carbons (Fsp3) is 0.394. The van der Waals surface area contributed by atoms with Crippen molar-refractivity contribution in [3.63, 3.8) is 0 Å². The van der Waals surface area contributed by atoms with Gasteiger partial charge in [0, 0.05) is 18.0 Å². The fourth-order valence-electron chi connectivity index (χ4n) is 7.34. The first-order valence-corrected chi connectivity index (χ1v) is 16.7. The molecule has 1 heterocycles. The number of carbonyl (C=O) groups excluding carboxylic acids is 1. The maximum Gasteiger partial charge on any atom is 0.306 e. The van der Waals surface area contributed by atoms with Gasteiger partial charge in [0.15, 0.2) is 21.5 Å². The Balaban J connectivity index is 1.34. The summed E-state index contributed by atoms with van der Waals surface area (Å²) >= 11 is 6.06. The van der Waals surface area contributed by atoms with Crippen molar-refractivity contribution in [1.82, 2.24) is 4.90 Å². The number of fused-ring (bicyclic) bond motifs is 3. The topological polar surface area (TPSA) is 101 Å². The second kappa shape index (κ2) is 12.0. The lowest BCUT2D eigenvalue weighted by atomic mass is 9.77. The number of aryl methyl sites for hydroxylation is 1. The van der Waals surface area contributed by atoms with Gasteiger partial charge in [-0.25, -0.2) is 21.6 Å². The summed E-state index contributed by atoms with van der Waals surface area (Å²) < 4.78 is 74.6. The molecule has 0 spiro atoms. The first-order valence-electron chi connectivity index (χ1n) is 14.9. The van der Waals surface area contributed by atoms with Crippen molar-refractivity contribution in [2.24, 2.45) is 11.8 Å². The summed E-state index contributed by atoms with van der Waals surface area (Å²) in [6.45, 7) is 0.0535. The Bertz CT molecular complexity index is 1760. The zero-order valence-electron chi connectivity index (χ0n) is 24.1. The maximum absolute atomic E-state index is 14.6. The Hall–Kier alpha value is -3.57. The maximum atomic E-state index is 14.6. The van der Waals surface area contributed by atoms with Gasteiger partial charge in [0.2, 0.25) is 5.91 Å². The quantitative estimate of drug-likeness (QED) is 0.231. The molecule has 3 aromatic carbocycles. The van der Waals surface area contributed by atoms with E-state index < -0.39 is 50.0 Å². The molecule has 7 nitrogen and oxygen atoms in total. The highest BCUT2D eigenvalue weighted by molar-refractivity contribution is 7.92. The van der Waals surface area contributed by atoms with Crippen molar-refractivity contribution >= 4 is 33.3 Å². The van der Waals surface area contributed by atoms with Crippen LogP contribution >= 0.6 is 11.6 Å². The molecule has 238 valence electrons. The number of rotatable bonds is 7. The molecule has 6 rings (SSSR count). The summed E-state index contributed by atoms with van der Waals surface area (Å²) in [5.74, 6) is -4.22. The van der Waals surface area contributed by atoms with Crippen LogP contribution in [-0.4, -0.2) is 42.9 Å². The first kappa shape index (κ1) is 31.4. The number of likely N-dealkylation sites (tertiary alicyclic amines) is 1. The highest BCUT2D eigenvalue weighted by Gasteiger charge is 2.61. The van der Waals surface area contributed by atoms with E-state index in [-0.39, 0.29) is 46.9 Å². The predicted octanol–water partition coefficient (Wildman–Crippen LogP) is 6.44. The molecule has 0 unspecified atom stereocenters. The van der Waals surface area contributed by atoms with Crippen LogP contribution in [0.1, 0.15) is 55.2 Å². The number of carboxylic acid groups (broad SMARTS) is 1. The van der Waals surface area contributed by atoms with Crippen molar-refractivity contribution in [2.45, 2.75) is 67.2 Å². The number of aliphatic carboxylic acids is 1. The van der Waals surface area contributed by atoms with Gasteiger partial charge in [0.25, 0.3) is 0 Å². The number of carboxylic acids is 1. The van der Waals surface area contributed by atoms with Gasteiger partial charge < -0.3 is 14.7 Å². The smallest absolute Gasteiger partial charge is 0.306 e. The second-order valence-electron chi connectivity index (χ2n) is 12.0. The van der Waals surface area contributed by atoms with Crippen LogP contribution in [0.2, 0.25) is 5.02 Å². The van der Waals surface area contributed by atoms with Crippen molar-refractivity contribution in [1.29, 1.82) is 0 Å². The van der Waals surface area contributed by atoms with E-state index in [1.54, 1.807) is 23.1 Å². The molecule has 1 saturated heterocycles. The van der Waals surface area contributed by atoms with Crippen LogP contribution in [0.25, 0.3) is 0 Å². The third kappa shape index (κ3) is 5.48. The lowest BCUT2D eigenvalue weighted by Crippen LogP contribution is -2.53. The highest BCUT2D eigenvalue weighted by atomic mass is 35.5. The van der Waals surface area contributed by atoms with E-state index in [9.17, 15) is 36.3 Å². The number of carbonyl (C=O) groups is 2. The molecule has 2 fully saturated rings. The first-order chi connectivity index (χ1) is 21.4. The van der Waals surface area contributed by atoms with Gasteiger partial charge >= 0.3 is 5.97 Å². The van der Waals surface area contributed by atoms with Gasteiger partial charge in [-0.1, -0.05) is 17.7 Å². The molecule has 1 saturated carbocycles. The molecule has 45 heavy (non-hydrogen) atoms. The molecular formula is C33H31ClF3NO6S. The number of benzene rings is 3. The zero-order chi connectivity index (χ0) is 32.1. The van der Waals surface area contributed by atoms with Crippen LogP contribution < -0.4 is 4.74 Å². The molecule has 1 N–H and O–H groups in total. The zero-order valence-corrected chi connectivity index (χ0v) is 25.7. The second-order valence-corrected chi connectivity index (χ2v) is 14.6. The summed E-state index contributed by atoms with van der Waals surface area (Å²) in [6.07, 6.45) is 2.56. The largest absolute Gasteiger partial charge is 0.489 e. The van der Waals surface area contributed by atoms with Crippen molar-refractivity contribution in [2.75, 3.05) is 6.54 Å². The summed E-state index contributed by atoms with van der Waals surface area (Å²) in [7, 11) is -4.16. The monoisotopic (exact) mass is 661 g/mol. The van der Waals surface area contributed by atoms with Gasteiger partial charge in [-0.15, -0.1) is 0 Å². The van der Waals surface area contributed by atoms with Crippen LogP contribution in [0.15, 0.2) is 59.5 Å². The van der Waals surface area contributed by atoms with Crippen molar-refractivity contribution in [3.05, 3.63) is 93.8 Å². The third-order valence-corrected chi connectivity index (χ3v) is 12.6. The van der Waals surface area contributed by atoms with Gasteiger partial charge in [-0.05, 0) is 105 Å². The Morgan fingerprint density at radius 3 is 2.29 bits per heavy atom. The number of ether oxygens (including phenoxy) is 1. The standard InChI is InChI=1S/C33H31ClF3NO6S/c34-27-17-29(37)28(36)16-22(27)18-44-24-8-11-26-21(15-24)5-12-30-33(26,45(42,43)25-9-6-23(35)7-10-25)13-14-38(30)31(39)19-1-3-20(4-2-19)32(40)41/h6-11,15-17,19-20,30H,1-5,12-14,18H2,(H,40,41)/t19?,20?,30-,33-/m1/s1. The van der Waals surface area contributed by atoms with E-state index in [0.29, 0.717) is 55.4 Å². The van der Waals surface area contributed by atoms with E-state index in [1.165, 1.54) is 12.1 Å². The lowest BCUT2D eigenvalue weighted by Gasteiger charge is -2.43. The van der Waals surface area contributed by atoms with Gasteiger partial charge in [0.1, 0.15) is 22.9 Å². The minimum atomic E-state index is -4.16. The van der Waals surface area contributed by atoms with E-state index in [4.69, 9.17) is 16.3 Å². The van der Waals surface area contributed by atoms with Crippen LogP contribution in [0.5, 0.6) is 5.75 Å². The molecular weight excluding hydrogens is 631 g/mol. The average molecular weight is 662 g/mol. The number of hydrogen-bond acceptors (Lipinski definition) is 5. The molecule has 3 aromatic rings. The number of amides is 1. The molecule has 1 aliphatic heterocycles. The van der Waals surface area contributed by atoms with E-state index >= 15 is 0 Å². The number of hydrogen-bond donors (Lipinski definition) is 1. The minimum absolute atomic E-state index is 0.00575. The minimum Gasteiger partial charge on any atom is -0.489 e. The van der Waals surface area contributed by atoms with Crippen LogP contribution in [0.4, 0.5) is 13.2 Å². The predicted molar refractivity (Wildman–Crippen MR) is 159 cm³/mol. The van der Waals surface area contributed by atoms with Crippen LogP contribution in [0.3, 0.4) is 0 Å². The normalized spacial score (nSPS) is 24.5. The van der Waals surface area contributed by atoms with Crippen molar-refractivity contribution < 1.29 is 41.0 Å². The molecule has 2 aliphatic carbocycles. The molecule has 12 heteroatoms. The number of halogens is 4. The Morgan fingerprint density at radius 2 is 1.60 bits per heavy atom. The van der Waals surface area contributed by atoms with E-state index in [1.807, 2.05) is 0 Å². The molecule has 0 bridgehead atoms. The van der Waals surface area contributed by atoms with E-state index in [2.05, 4.69) is 0 Å². The Kier molecular flexibility index (Phi) is 8.36. The molecule has 3 aliphatic rings. The van der Waals surface area contributed by atoms with E-state index in [0.717, 1.165) is 24.3 Å². The summed E-state index contributed by atoms with van der Waals surface area (Å²) in [6, 6.07) is 10.8. The summed E-state index contributed by atoms with van der Waals surface area (Å²) in [5.41, 5.74) is 1.49. The van der Waals surface area contributed by atoms with Crippen LogP contribution in [-0.2, 0) is 37.2 Å². The average Bonchev–Trinajstić information content (AvgIpc) is 3.43. The Labute approximate surface area is 263 Å². The third-order valence-electron chi connectivity index (χ3n) is 9.65. The van der Waals surface area contributed by atoms with Crippen molar-refractivity contribution in [3.8, 4) is 5.75 Å². The van der Waals surface area contributed by atoms with Gasteiger partial charge in [0.05, 0.1) is 21.9 Å². The van der Waals surface area contributed by atoms with Gasteiger partial charge in [-0.3, -0.25) is 9.59 Å². The Morgan fingerprint density at radius 1 is 0.933 bits per heavy atom. The molecule has 1 amide bonds. The van der Waals surface area contributed by atoms with Gasteiger partial charge in [-0.2, -0.15) is 0 Å². The molecule has 0 radical (unpaired) electrons. The SMILES string of the molecule is O=C(O)C1CCC(C(=O)N2CC[C@@]3(S(=O)(=O)c4ccc(F)cc4)c4ccc(OCc5cc(F)c(F)cc5Cl)cc4CC[C@@H]23)CC1. The highest BCUT2D eigenvalue weighted by Crippen LogP contribution is 2.53. The number of sulfone groups is 1. The molecule has 0 aromatic heterocycles. The fourth-order valence-corrected chi connectivity index (χ4v) is 9.91. The van der Waals surface area contributed by atoms with Crippen LogP contribution in [0, 0.1) is 29.3 Å². The summed E-state index contributed by atoms with van der Waals surface area (Å²) in [4.78, 5) is 27.0. The molecule has 2 atom stereocenters. The summed E-state index contributed by atoms with van der Waals surface area (Å²) in [5, 5.41) is 9.39. The lowest BCUT2D eigenvalue weighted by molar-refractivity contribution is -0.146. The number of nitrogens with zero attached hydrogens (tertiary/aromatic N) is 1.